The number of alkyl halides is 3. The average Bonchev–Trinajstić information content (AvgIpc) is 2.82. The van der Waals surface area contributed by atoms with Gasteiger partial charge in [0, 0.05) is 30.8 Å². The lowest BCUT2D eigenvalue weighted by atomic mass is 9.92. The summed E-state index contributed by atoms with van der Waals surface area (Å²) in [6, 6.07) is 1.71. The predicted molar refractivity (Wildman–Crippen MR) is 106 cm³/mol. The van der Waals surface area contributed by atoms with Gasteiger partial charge in [-0.1, -0.05) is 46.8 Å². The number of amides is 1. The highest BCUT2D eigenvalue weighted by Crippen LogP contribution is 2.24. The molecular weight excluding hydrogens is 386 g/mol. The van der Waals surface area contributed by atoms with Crippen LogP contribution in [0.3, 0.4) is 0 Å². The van der Waals surface area contributed by atoms with Crippen LogP contribution >= 0.6 is 0 Å². The topological polar surface area (TPSA) is 39.3 Å². The third kappa shape index (κ3) is 7.18. The fourth-order valence-corrected chi connectivity index (χ4v) is 2.76. The second-order valence-electron chi connectivity index (χ2n) is 8.19. The Morgan fingerprint density at radius 3 is 2.28 bits per heavy atom. The highest BCUT2D eigenvalue weighted by molar-refractivity contribution is 5.98. The summed E-state index contributed by atoms with van der Waals surface area (Å²) >= 11 is 0. The molecule has 0 N–H and O–H groups in total. The molecule has 0 unspecified atom stereocenters. The van der Waals surface area contributed by atoms with E-state index >= 15 is 0 Å². The average molecular weight is 415 g/mol. The molecule has 1 aromatic heterocycles. The van der Waals surface area contributed by atoms with E-state index in [0.29, 0.717) is 6.54 Å². The van der Waals surface area contributed by atoms with Gasteiger partial charge < -0.3 is 0 Å². The van der Waals surface area contributed by atoms with Gasteiger partial charge in [0.25, 0.3) is 5.91 Å². The van der Waals surface area contributed by atoms with Gasteiger partial charge in [0.2, 0.25) is 0 Å². The number of carbonyl (C=O) groups excluding carboxylic acids is 1. The monoisotopic (exact) mass is 415 g/mol. The Bertz CT molecular complexity index is 888. The van der Waals surface area contributed by atoms with Gasteiger partial charge in [-0.05, 0) is 18.9 Å². The van der Waals surface area contributed by atoms with Crippen molar-refractivity contribution in [2.75, 3.05) is 0 Å². The zero-order valence-corrected chi connectivity index (χ0v) is 17.9. The number of allylic oxidation sites excluding steroid dienone is 4. The molecule has 0 aliphatic rings. The molecule has 0 saturated heterocycles. The molecule has 0 radical (unpaired) electrons. The number of hydrogen-bond donors (Lipinski definition) is 0. The predicted octanol–water partition coefficient (Wildman–Crippen LogP) is 5.13. The largest absolute Gasteiger partial charge is 0.412 e. The molecule has 0 aliphatic carbocycles. The molecule has 8 heteroatoms. The van der Waals surface area contributed by atoms with Crippen molar-refractivity contribution in [1.82, 2.24) is 9.36 Å². The van der Waals surface area contributed by atoms with Crippen molar-refractivity contribution in [3.63, 3.8) is 0 Å². The van der Waals surface area contributed by atoms with E-state index in [-0.39, 0.29) is 16.8 Å². The van der Waals surface area contributed by atoms with Crippen LogP contribution in [0.4, 0.5) is 17.6 Å². The van der Waals surface area contributed by atoms with Crippen molar-refractivity contribution in [2.24, 2.45) is 18.0 Å². The van der Waals surface area contributed by atoms with Crippen molar-refractivity contribution in [3.05, 3.63) is 53.0 Å². The van der Waals surface area contributed by atoms with Gasteiger partial charge in [0.1, 0.15) is 5.83 Å². The Morgan fingerprint density at radius 1 is 1.24 bits per heavy atom. The smallest absolute Gasteiger partial charge is 0.291 e. The minimum Gasteiger partial charge on any atom is -0.291 e. The summed E-state index contributed by atoms with van der Waals surface area (Å²) in [6.07, 6.45) is -1.66. The summed E-state index contributed by atoms with van der Waals surface area (Å²) in [7, 11) is 1.83. The molecule has 0 saturated carbocycles. The van der Waals surface area contributed by atoms with Crippen LogP contribution in [0.5, 0.6) is 0 Å². The number of nitrogens with zero attached hydrogens (tertiary/aromatic N) is 3. The molecular formula is C21H29F4N3O. The van der Waals surface area contributed by atoms with Crippen LogP contribution in [0.25, 0.3) is 0 Å². The third-order valence-corrected chi connectivity index (χ3v) is 4.00. The van der Waals surface area contributed by atoms with Gasteiger partial charge >= 0.3 is 6.18 Å². The van der Waals surface area contributed by atoms with E-state index in [2.05, 4.69) is 4.99 Å². The maximum absolute atomic E-state index is 14.2. The molecule has 1 amide bonds. The van der Waals surface area contributed by atoms with E-state index in [0.717, 1.165) is 11.8 Å². The van der Waals surface area contributed by atoms with Crippen LogP contribution < -0.4 is 5.49 Å². The van der Waals surface area contributed by atoms with Crippen molar-refractivity contribution >= 4 is 5.91 Å². The highest BCUT2D eigenvalue weighted by atomic mass is 19.4. The lowest BCUT2D eigenvalue weighted by molar-refractivity contribution is -0.114. The van der Waals surface area contributed by atoms with E-state index < -0.39 is 29.6 Å². The number of halogens is 4. The van der Waals surface area contributed by atoms with E-state index in [1.165, 1.54) is 12.2 Å². The molecule has 0 aromatic carbocycles. The van der Waals surface area contributed by atoms with Crippen LogP contribution in [0, 0.1) is 5.92 Å². The molecule has 0 spiro atoms. The van der Waals surface area contributed by atoms with Crippen molar-refractivity contribution in [3.8, 4) is 0 Å². The summed E-state index contributed by atoms with van der Waals surface area (Å²) in [5, 5.41) is 0. The van der Waals surface area contributed by atoms with E-state index in [1.807, 2.05) is 46.3 Å². The fraction of sp³-hybridized carbons (Fsp3) is 0.524. The van der Waals surface area contributed by atoms with Gasteiger partial charge in [0.05, 0.1) is 11.6 Å². The summed E-state index contributed by atoms with van der Waals surface area (Å²) in [5.74, 6) is -2.53. The number of rotatable bonds is 5. The van der Waals surface area contributed by atoms with E-state index in [1.54, 1.807) is 17.7 Å². The van der Waals surface area contributed by atoms with Crippen molar-refractivity contribution in [2.45, 2.75) is 59.7 Å². The first-order valence-electron chi connectivity index (χ1n) is 9.32. The molecule has 162 valence electrons. The van der Waals surface area contributed by atoms with E-state index in [4.69, 9.17) is 0 Å². The summed E-state index contributed by atoms with van der Waals surface area (Å²) in [5.41, 5.74) is 0.144. The standard InChI is InChI=1S/C21H29F4N3O/c1-8-9-10-15(16(22)12-21(23,24)25)19(29)26-18-11-17(20(4,5)6)27(7)28(18)13-14(2)3/h8-12,14H,13H2,1-7H3/b9-8-,15-10+,16-12-,26-18?. The number of hydrogen-bond acceptors (Lipinski definition) is 1. The Morgan fingerprint density at radius 2 is 1.83 bits per heavy atom. The first kappa shape index (κ1) is 24.7. The molecule has 0 atom stereocenters. The lowest BCUT2D eigenvalue weighted by Gasteiger charge is -2.21. The Kier molecular flexibility index (Phi) is 8.00. The Hall–Kier alpha value is -2.38. The quantitative estimate of drug-likeness (QED) is 0.374. The maximum Gasteiger partial charge on any atom is 0.412 e. The second-order valence-corrected chi connectivity index (χ2v) is 8.19. The summed E-state index contributed by atoms with van der Waals surface area (Å²) in [6.45, 7) is 12.1. The minimum atomic E-state index is -4.89. The molecule has 1 heterocycles. The molecule has 29 heavy (non-hydrogen) atoms. The first-order valence-corrected chi connectivity index (χ1v) is 9.32. The summed E-state index contributed by atoms with van der Waals surface area (Å²) < 4.78 is 55.5. The zero-order valence-electron chi connectivity index (χ0n) is 17.9. The Labute approximate surface area is 168 Å². The van der Waals surface area contributed by atoms with Crippen molar-refractivity contribution < 1.29 is 22.4 Å². The molecule has 0 aliphatic heterocycles. The van der Waals surface area contributed by atoms with Crippen LogP contribution in [0.1, 0.15) is 47.2 Å². The van der Waals surface area contributed by atoms with E-state index in [9.17, 15) is 22.4 Å². The van der Waals surface area contributed by atoms with Crippen LogP contribution in [-0.2, 0) is 23.8 Å². The van der Waals surface area contributed by atoms with Gasteiger partial charge in [0.15, 0.2) is 5.49 Å². The van der Waals surface area contributed by atoms with Crippen LogP contribution in [-0.4, -0.2) is 21.4 Å². The fourth-order valence-electron chi connectivity index (χ4n) is 2.76. The lowest BCUT2D eigenvalue weighted by Crippen LogP contribution is -2.27. The Balaban J connectivity index is 3.64. The van der Waals surface area contributed by atoms with Gasteiger partial charge in [-0.25, -0.2) is 4.39 Å². The first-order chi connectivity index (χ1) is 13.2. The van der Waals surface area contributed by atoms with Gasteiger partial charge in [-0.15, -0.1) is 0 Å². The number of aromatic nitrogens is 2. The van der Waals surface area contributed by atoms with Crippen molar-refractivity contribution in [1.29, 1.82) is 0 Å². The maximum atomic E-state index is 14.2. The van der Waals surface area contributed by atoms with Crippen LogP contribution in [0.2, 0.25) is 0 Å². The second kappa shape index (κ2) is 9.41. The molecule has 0 fully saturated rings. The third-order valence-electron chi connectivity index (χ3n) is 4.00. The summed E-state index contributed by atoms with van der Waals surface area (Å²) in [4.78, 5) is 16.6. The van der Waals surface area contributed by atoms with Crippen LogP contribution in [0.15, 0.2) is 46.8 Å². The molecule has 1 aromatic rings. The SMILES string of the molecule is C\C=C/C=C(C(=O)N=c1cc(C(C)(C)C)n(C)n1CC(C)C)\C(F)=C\C(F)(F)F. The normalized spacial score (nSPS) is 15.1. The number of carbonyl (C=O) groups is 1. The molecule has 1 rings (SSSR count). The molecule has 0 bridgehead atoms. The minimum absolute atomic E-state index is 0.227. The zero-order chi connectivity index (χ0) is 22.6. The molecule has 4 nitrogen and oxygen atoms in total. The van der Waals surface area contributed by atoms with Gasteiger partial charge in [-0.2, -0.15) is 18.2 Å². The van der Waals surface area contributed by atoms with Gasteiger partial charge in [-0.3, -0.25) is 14.2 Å². The highest BCUT2D eigenvalue weighted by Gasteiger charge is 2.28.